The van der Waals surface area contributed by atoms with Gasteiger partial charge in [0.05, 0.1) is 0 Å². The minimum atomic E-state index is 0.299. The summed E-state index contributed by atoms with van der Waals surface area (Å²) in [6.07, 6.45) is 4.25. The molecule has 1 fully saturated rings. The zero-order valence-electron chi connectivity index (χ0n) is 11.9. The average molecular weight is 240 g/mol. The van der Waals surface area contributed by atoms with Crippen LogP contribution in [0.2, 0.25) is 0 Å². The molecule has 0 amide bonds. The lowest BCUT2D eigenvalue weighted by Gasteiger charge is -2.33. The molecule has 0 saturated heterocycles. The Kier molecular flexibility index (Phi) is 6.14. The van der Waals surface area contributed by atoms with Crippen molar-refractivity contribution in [2.24, 2.45) is 5.92 Å². The van der Waals surface area contributed by atoms with E-state index in [9.17, 15) is 4.79 Å². The molecule has 2 unspecified atom stereocenters. The van der Waals surface area contributed by atoms with E-state index in [0.717, 1.165) is 38.9 Å². The van der Waals surface area contributed by atoms with Gasteiger partial charge in [-0.3, -0.25) is 9.69 Å². The van der Waals surface area contributed by atoms with Crippen molar-refractivity contribution in [3.63, 3.8) is 0 Å². The highest BCUT2D eigenvalue weighted by Crippen LogP contribution is 2.22. The van der Waals surface area contributed by atoms with Gasteiger partial charge in [-0.1, -0.05) is 13.3 Å². The predicted octanol–water partition coefficient (Wildman–Crippen LogP) is 2.02. The van der Waals surface area contributed by atoms with Crippen LogP contribution in [0.25, 0.3) is 0 Å². The zero-order chi connectivity index (χ0) is 12.8. The van der Waals surface area contributed by atoms with Crippen LogP contribution in [0.4, 0.5) is 0 Å². The second-order valence-electron chi connectivity index (χ2n) is 5.61. The summed E-state index contributed by atoms with van der Waals surface area (Å²) in [6, 6.07) is 0.532. The summed E-state index contributed by atoms with van der Waals surface area (Å²) in [7, 11) is 4.21. The molecule has 17 heavy (non-hydrogen) atoms. The fourth-order valence-electron chi connectivity index (χ4n) is 2.80. The van der Waals surface area contributed by atoms with E-state index >= 15 is 0 Å². The molecule has 0 aromatic carbocycles. The number of hydrogen-bond donors (Lipinski definition) is 0. The van der Waals surface area contributed by atoms with Crippen molar-refractivity contribution in [3.8, 4) is 0 Å². The van der Waals surface area contributed by atoms with Gasteiger partial charge in [0.2, 0.25) is 0 Å². The van der Waals surface area contributed by atoms with Gasteiger partial charge in [0.25, 0.3) is 0 Å². The maximum atomic E-state index is 11.9. The highest BCUT2D eigenvalue weighted by Gasteiger charge is 2.25. The molecule has 1 aliphatic carbocycles. The third-order valence-electron chi connectivity index (χ3n) is 3.79. The number of rotatable bonds is 6. The summed E-state index contributed by atoms with van der Waals surface area (Å²) in [5, 5.41) is 0. The molecule has 0 aromatic rings. The Morgan fingerprint density at radius 3 is 2.59 bits per heavy atom. The normalized spacial score (nSPS) is 23.4. The van der Waals surface area contributed by atoms with Crippen molar-refractivity contribution in [3.05, 3.63) is 0 Å². The largest absolute Gasteiger partial charge is 0.308 e. The lowest BCUT2D eigenvalue weighted by Crippen LogP contribution is -2.44. The predicted molar refractivity (Wildman–Crippen MR) is 72.2 cm³/mol. The van der Waals surface area contributed by atoms with Crippen molar-refractivity contribution in [2.75, 3.05) is 33.7 Å². The Labute approximate surface area is 106 Å². The van der Waals surface area contributed by atoms with Gasteiger partial charge in [0.1, 0.15) is 5.78 Å². The molecule has 3 nitrogen and oxygen atoms in total. The van der Waals surface area contributed by atoms with E-state index in [2.05, 4.69) is 37.7 Å². The fraction of sp³-hybridized carbons (Fsp3) is 0.929. The van der Waals surface area contributed by atoms with Gasteiger partial charge in [-0.05, 0) is 40.4 Å². The van der Waals surface area contributed by atoms with Crippen LogP contribution in [0.5, 0.6) is 0 Å². The summed E-state index contributed by atoms with van der Waals surface area (Å²) >= 11 is 0. The second-order valence-corrected chi connectivity index (χ2v) is 5.61. The maximum absolute atomic E-state index is 11.9. The van der Waals surface area contributed by atoms with Gasteiger partial charge in [-0.25, -0.2) is 0 Å². The van der Waals surface area contributed by atoms with Gasteiger partial charge in [-0.15, -0.1) is 0 Å². The summed E-state index contributed by atoms with van der Waals surface area (Å²) in [5.41, 5.74) is 0. The summed E-state index contributed by atoms with van der Waals surface area (Å²) < 4.78 is 0. The van der Waals surface area contributed by atoms with Crippen molar-refractivity contribution in [2.45, 2.75) is 45.6 Å². The Bertz CT molecular complexity index is 240. The summed E-state index contributed by atoms with van der Waals surface area (Å²) in [4.78, 5) is 16.5. The number of ketones is 1. The topological polar surface area (TPSA) is 23.6 Å². The Hall–Kier alpha value is -0.410. The van der Waals surface area contributed by atoms with Gasteiger partial charge in [-0.2, -0.15) is 0 Å². The molecule has 2 atom stereocenters. The van der Waals surface area contributed by atoms with Crippen molar-refractivity contribution >= 4 is 5.78 Å². The van der Waals surface area contributed by atoms with E-state index in [1.165, 1.54) is 6.42 Å². The highest BCUT2D eigenvalue weighted by molar-refractivity contribution is 5.81. The van der Waals surface area contributed by atoms with E-state index in [4.69, 9.17) is 0 Å². The van der Waals surface area contributed by atoms with E-state index in [-0.39, 0.29) is 0 Å². The number of nitrogens with zero attached hydrogens (tertiary/aromatic N) is 2. The minimum absolute atomic E-state index is 0.299. The Balaban J connectivity index is 2.47. The molecule has 0 aliphatic heterocycles. The first-order valence-electron chi connectivity index (χ1n) is 6.96. The van der Waals surface area contributed by atoms with E-state index in [1.807, 2.05) is 0 Å². The molecule has 3 heteroatoms. The Morgan fingerprint density at radius 1 is 1.35 bits per heavy atom. The first-order chi connectivity index (χ1) is 8.04. The summed E-state index contributed by atoms with van der Waals surface area (Å²) in [5.74, 6) is 0.792. The average Bonchev–Trinajstić information content (AvgIpc) is 2.27. The number of carbonyl (C=O) groups is 1. The number of carbonyl (C=O) groups excluding carboxylic acids is 1. The quantitative estimate of drug-likeness (QED) is 0.709. The molecule has 0 aromatic heterocycles. The van der Waals surface area contributed by atoms with Gasteiger partial charge in [0, 0.05) is 31.5 Å². The van der Waals surface area contributed by atoms with Crippen molar-refractivity contribution in [1.29, 1.82) is 0 Å². The number of likely N-dealkylation sites (N-methyl/N-ethyl adjacent to an activating group) is 2. The SMILES string of the molecule is CCN(CC1CCCCC1=O)C(C)CN(C)C. The molecule has 0 bridgehead atoms. The van der Waals surface area contributed by atoms with Crippen LogP contribution in [0.15, 0.2) is 0 Å². The van der Waals surface area contributed by atoms with Crippen LogP contribution < -0.4 is 0 Å². The molecule has 1 rings (SSSR count). The van der Waals surface area contributed by atoms with E-state index in [1.54, 1.807) is 0 Å². The standard InChI is InChI=1S/C14H28N2O/c1-5-16(12(2)10-15(3)4)11-13-8-6-7-9-14(13)17/h12-13H,5-11H2,1-4H3. The molecular weight excluding hydrogens is 212 g/mol. The van der Waals surface area contributed by atoms with Crippen molar-refractivity contribution < 1.29 is 4.79 Å². The molecular formula is C14H28N2O. The molecule has 0 spiro atoms. The molecule has 1 aliphatic rings. The van der Waals surface area contributed by atoms with Crippen LogP contribution >= 0.6 is 0 Å². The molecule has 100 valence electrons. The Morgan fingerprint density at radius 2 is 2.06 bits per heavy atom. The first kappa shape index (κ1) is 14.7. The fourth-order valence-corrected chi connectivity index (χ4v) is 2.80. The number of hydrogen-bond acceptors (Lipinski definition) is 3. The number of Topliss-reactive ketones (excluding diaryl/α,β-unsaturated/α-hetero) is 1. The minimum Gasteiger partial charge on any atom is -0.308 e. The lowest BCUT2D eigenvalue weighted by molar-refractivity contribution is -0.125. The second kappa shape index (κ2) is 7.12. The molecule has 1 saturated carbocycles. The van der Waals surface area contributed by atoms with Crippen LogP contribution in [0, 0.1) is 5.92 Å². The third-order valence-corrected chi connectivity index (χ3v) is 3.79. The van der Waals surface area contributed by atoms with E-state index in [0.29, 0.717) is 17.7 Å². The third kappa shape index (κ3) is 4.76. The van der Waals surface area contributed by atoms with E-state index < -0.39 is 0 Å². The monoisotopic (exact) mass is 240 g/mol. The first-order valence-corrected chi connectivity index (χ1v) is 6.96. The van der Waals surface area contributed by atoms with Crippen LogP contribution in [-0.4, -0.2) is 55.4 Å². The van der Waals surface area contributed by atoms with Crippen LogP contribution in [0.3, 0.4) is 0 Å². The lowest BCUT2D eigenvalue weighted by atomic mass is 9.87. The zero-order valence-corrected chi connectivity index (χ0v) is 11.9. The van der Waals surface area contributed by atoms with Crippen LogP contribution in [-0.2, 0) is 4.79 Å². The van der Waals surface area contributed by atoms with Gasteiger partial charge < -0.3 is 4.90 Å². The highest BCUT2D eigenvalue weighted by atomic mass is 16.1. The van der Waals surface area contributed by atoms with Crippen molar-refractivity contribution in [1.82, 2.24) is 9.80 Å². The van der Waals surface area contributed by atoms with Gasteiger partial charge >= 0.3 is 0 Å². The van der Waals surface area contributed by atoms with Crippen LogP contribution in [0.1, 0.15) is 39.5 Å². The maximum Gasteiger partial charge on any atom is 0.137 e. The molecule has 0 radical (unpaired) electrons. The molecule has 0 N–H and O–H groups in total. The van der Waals surface area contributed by atoms with Gasteiger partial charge in [0.15, 0.2) is 0 Å². The molecule has 0 heterocycles. The summed E-state index contributed by atoms with van der Waals surface area (Å²) in [6.45, 7) is 7.52. The smallest absolute Gasteiger partial charge is 0.137 e.